The lowest BCUT2D eigenvalue weighted by Crippen LogP contribution is -2.37. The van der Waals surface area contributed by atoms with Gasteiger partial charge in [0.1, 0.15) is 6.04 Å². The smallest absolute Gasteiger partial charge is 0.322 e. The second-order valence-corrected chi connectivity index (χ2v) is 5.00. The van der Waals surface area contributed by atoms with Gasteiger partial charge in [-0.15, -0.1) is 0 Å². The minimum atomic E-state index is -0.241. The van der Waals surface area contributed by atoms with Crippen LogP contribution in [0.5, 0.6) is 0 Å². The van der Waals surface area contributed by atoms with Crippen LogP contribution in [-0.2, 0) is 27.4 Å². The highest BCUT2D eigenvalue weighted by atomic mass is 16.5. The van der Waals surface area contributed by atoms with Crippen molar-refractivity contribution in [2.24, 2.45) is 0 Å². The molecule has 0 amide bonds. The molecule has 0 saturated carbocycles. The fourth-order valence-corrected chi connectivity index (χ4v) is 2.17. The molecule has 0 saturated heterocycles. The first kappa shape index (κ1) is 17.7. The number of nitrogens with one attached hydrogen (secondary N) is 1. The third-order valence-electron chi connectivity index (χ3n) is 3.45. The van der Waals surface area contributed by atoms with Crippen LogP contribution in [0.3, 0.4) is 0 Å². The molecule has 4 nitrogen and oxygen atoms in total. The van der Waals surface area contributed by atoms with Crippen LogP contribution in [0.1, 0.15) is 44.2 Å². The van der Waals surface area contributed by atoms with Crippen LogP contribution >= 0.6 is 0 Å². The summed E-state index contributed by atoms with van der Waals surface area (Å²) >= 11 is 0. The third kappa shape index (κ3) is 6.27. The zero-order chi connectivity index (χ0) is 15.5. The molecule has 21 heavy (non-hydrogen) atoms. The Kier molecular flexibility index (Phi) is 8.71. The molecule has 0 spiro atoms. The molecule has 0 heterocycles. The largest absolute Gasteiger partial charge is 0.468 e. The zero-order valence-corrected chi connectivity index (χ0v) is 13.4. The van der Waals surface area contributed by atoms with Crippen LogP contribution in [0.25, 0.3) is 0 Å². The molecular weight excluding hydrogens is 266 g/mol. The maximum atomic E-state index is 11.8. The standard InChI is InChI=1S/C17H27NO3/c1-4-6-11-16(17(19)20-3)18-12-14-9-7-8-10-15(14)13-21-5-2/h7-10,16,18H,4-6,11-13H2,1-3H3. The van der Waals surface area contributed by atoms with Crippen LogP contribution in [-0.4, -0.2) is 25.7 Å². The minimum Gasteiger partial charge on any atom is -0.468 e. The van der Waals surface area contributed by atoms with Crippen molar-refractivity contribution in [3.63, 3.8) is 0 Å². The Balaban J connectivity index is 2.63. The van der Waals surface area contributed by atoms with Gasteiger partial charge in [0.2, 0.25) is 0 Å². The van der Waals surface area contributed by atoms with Crippen LogP contribution in [0.2, 0.25) is 0 Å². The van der Waals surface area contributed by atoms with Crippen molar-refractivity contribution in [2.75, 3.05) is 13.7 Å². The summed E-state index contributed by atoms with van der Waals surface area (Å²) in [5.74, 6) is -0.189. The summed E-state index contributed by atoms with van der Waals surface area (Å²) < 4.78 is 10.3. The monoisotopic (exact) mass is 293 g/mol. The topological polar surface area (TPSA) is 47.6 Å². The van der Waals surface area contributed by atoms with E-state index in [0.717, 1.165) is 30.4 Å². The van der Waals surface area contributed by atoms with Gasteiger partial charge in [-0.2, -0.15) is 0 Å². The fraction of sp³-hybridized carbons (Fsp3) is 0.588. The summed E-state index contributed by atoms with van der Waals surface area (Å²) in [5, 5.41) is 3.31. The molecule has 1 aromatic rings. The van der Waals surface area contributed by atoms with E-state index in [2.05, 4.69) is 24.4 Å². The maximum absolute atomic E-state index is 11.8. The van der Waals surface area contributed by atoms with E-state index in [1.807, 2.05) is 19.1 Å². The number of hydrogen-bond donors (Lipinski definition) is 1. The summed E-state index contributed by atoms with van der Waals surface area (Å²) in [6.07, 6.45) is 2.88. The Labute approximate surface area is 127 Å². The van der Waals surface area contributed by atoms with E-state index in [-0.39, 0.29) is 12.0 Å². The Hall–Kier alpha value is -1.39. The summed E-state index contributed by atoms with van der Waals surface area (Å²) in [5.41, 5.74) is 2.32. The van der Waals surface area contributed by atoms with Gasteiger partial charge < -0.3 is 14.8 Å². The molecule has 1 aromatic carbocycles. The van der Waals surface area contributed by atoms with Gasteiger partial charge in [-0.3, -0.25) is 4.79 Å². The van der Waals surface area contributed by atoms with Crippen LogP contribution < -0.4 is 5.32 Å². The first-order valence-corrected chi connectivity index (χ1v) is 7.68. The normalized spacial score (nSPS) is 12.1. The predicted molar refractivity (Wildman–Crippen MR) is 83.9 cm³/mol. The number of benzene rings is 1. The van der Waals surface area contributed by atoms with E-state index in [1.165, 1.54) is 7.11 Å². The number of ether oxygens (including phenoxy) is 2. The van der Waals surface area contributed by atoms with Gasteiger partial charge in [-0.25, -0.2) is 0 Å². The molecule has 0 aromatic heterocycles. The van der Waals surface area contributed by atoms with Crippen LogP contribution in [0.15, 0.2) is 24.3 Å². The SMILES string of the molecule is CCCCC(NCc1ccccc1COCC)C(=O)OC. The van der Waals surface area contributed by atoms with Gasteiger partial charge in [-0.05, 0) is 24.5 Å². The molecule has 4 heteroatoms. The lowest BCUT2D eigenvalue weighted by atomic mass is 10.1. The quantitative estimate of drug-likeness (QED) is 0.674. The molecule has 0 bridgehead atoms. The number of rotatable bonds is 10. The van der Waals surface area contributed by atoms with Crippen molar-refractivity contribution in [2.45, 2.75) is 52.3 Å². The Morgan fingerprint density at radius 2 is 1.95 bits per heavy atom. The first-order valence-electron chi connectivity index (χ1n) is 7.68. The number of hydrogen-bond acceptors (Lipinski definition) is 4. The van der Waals surface area contributed by atoms with Crippen molar-refractivity contribution >= 4 is 5.97 Å². The Morgan fingerprint density at radius 3 is 2.57 bits per heavy atom. The van der Waals surface area contributed by atoms with Gasteiger partial charge in [0.05, 0.1) is 13.7 Å². The van der Waals surface area contributed by atoms with Crippen molar-refractivity contribution in [3.8, 4) is 0 Å². The Morgan fingerprint density at radius 1 is 1.24 bits per heavy atom. The molecular formula is C17H27NO3. The van der Waals surface area contributed by atoms with Gasteiger partial charge in [-0.1, -0.05) is 44.0 Å². The highest BCUT2D eigenvalue weighted by molar-refractivity contribution is 5.75. The number of unbranched alkanes of at least 4 members (excludes halogenated alkanes) is 1. The van der Waals surface area contributed by atoms with Gasteiger partial charge in [0.25, 0.3) is 0 Å². The van der Waals surface area contributed by atoms with Crippen molar-refractivity contribution in [1.82, 2.24) is 5.32 Å². The second kappa shape index (κ2) is 10.4. The molecule has 1 atom stereocenters. The van der Waals surface area contributed by atoms with E-state index in [4.69, 9.17) is 9.47 Å². The molecule has 0 aliphatic rings. The average Bonchev–Trinajstić information content (AvgIpc) is 2.53. The Bertz CT molecular complexity index is 420. The molecule has 1 N–H and O–H groups in total. The highest BCUT2D eigenvalue weighted by Gasteiger charge is 2.18. The second-order valence-electron chi connectivity index (χ2n) is 5.00. The summed E-state index contributed by atoms with van der Waals surface area (Å²) in [6.45, 7) is 6.05. The third-order valence-corrected chi connectivity index (χ3v) is 3.45. The van der Waals surface area contributed by atoms with E-state index in [1.54, 1.807) is 0 Å². The van der Waals surface area contributed by atoms with E-state index in [9.17, 15) is 4.79 Å². The number of methoxy groups -OCH3 is 1. The molecule has 118 valence electrons. The minimum absolute atomic E-state index is 0.189. The van der Waals surface area contributed by atoms with Crippen molar-refractivity contribution in [3.05, 3.63) is 35.4 Å². The van der Waals surface area contributed by atoms with Crippen molar-refractivity contribution in [1.29, 1.82) is 0 Å². The lowest BCUT2D eigenvalue weighted by molar-refractivity contribution is -0.143. The summed E-state index contributed by atoms with van der Waals surface area (Å²) in [7, 11) is 1.44. The molecule has 0 aliphatic carbocycles. The van der Waals surface area contributed by atoms with E-state index in [0.29, 0.717) is 19.8 Å². The maximum Gasteiger partial charge on any atom is 0.322 e. The molecule has 0 aliphatic heterocycles. The van der Waals surface area contributed by atoms with Crippen LogP contribution in [0.4, 0.5) is 0 Å². The van der Waals surface area contributed by atoms with Gasteiger partial charge in [0, 0.05) is 13.2 Å². The van der Waals surface area contributed by atoms with Crippen LogP contribution in [0, 0.1) is 0 Å². The van der Waals surface area contributed by atoms with E-state index >= 15 is 0 Å². The number of esters is 1. The van der Waals surface area contributed by atoms with Crippen molar-refractivity contribution < 1.29 is 14.3 Å². The van der Waals surface area contributed by atoms with Gasteiger partial charge in [0.15, 0.2) is 0 Å². The molecule has 0 fully saturated rings. The predicted octanol–water partition coefficient (Wildman–Crippen LogP) is 3.04. The fourth-order valence-electron chi connectivity index (χ4n) is 2.17. The van der Waals surface area contributed by atoms with Gasteiger partial charge >= 0.3 is 5.97 Å². The average molecular weight is 293 g/mol. The molecule has 1 unspecified atom stereocenters. The summed E-state index contributed by atoms with van der Waals surface area (Å²) in [6, 6.07) is 7.90. The lowest BCUT2D eigenvalue weighted by Gasteiger charge is -2.17. The number of carbonyl (C=O) groups is 1. The summed E-state index contributed by atoms with van der Waals surface area (Å²) in [4.78, 5) is 11.8. The van der Waals surface area contributed by atoms with E-state index < -0.39 is 0 Å². The highest BCUT2D eigenvalue weighted by Crippen LogP contribution is 2.11. The molecule has 1 rings (SSSR count). The zero-order valence-electron chi connectivity index (χ0n) is 13.4. The first-order chi connectivity index (χ1) is 10.2. The number of carbonyl (C=O) groups excluding carboxylic acids is 1. The molecule has 0 radical (unpaired) electrons.